The van der Waals surface area contributed by atoms with Crippen molar-refractivity contribution in [2.75, 3.05) is 18.0 Å². The number of ketones is 1. The van der Waals surface area contributed by atoms with Crippen LogP contribution in [0.25, 0.3) is 0 Å². The van der Waals surface area contributed by atoms with Gasteiger partial charge >= 0.3 is 0 Å². The summed E-state index contributed by atoms with van der Waals surface area (Å²) in [6.45, 7) is 8.17. The Morgan fingerprint density at radius 1 is 1.00 bits per heavy atom. The summed E-state index contributed by atoms with van der Waals surface area (Å²) in [5.41, 5.74) is 6.02. The van der Waals surface area contributed by atoms with Gasteiger partial charge in [-0.05, 0) is 74.6 Å². The SMILES string of the molecule is Cc1cccc(C)c1C1CCCN(c2cccc(C(=O)c3cccnc3C)n2)C1. The summed E-state index contributed by atoms with van der Waals surface area (Å²) in [6, 6.07) is 15.9. The number of aromatic nitrogens is 2. The van der Waals surface area contributed by atoms with Gasteiger partial charge in [-0.25, -0.2) is 4.98 Å². The smallest absolute Gasteiger partial charge is 0.213 e. The Kier molecular flexibility index (Phi) is 5.43. The van der Waals surface area contributed by atoms with E-state index in [0.29, 0.717) is 17.2 Å². The summed E-state index contributed by atoms with van der Waals surface area (Å²) in [5.74, 6) is 1.31. The van der Waals surface area contributed by atoms with Crippen molar-refractivity contribution in [3.8, 4) is 0 Å². The van der Waals surface area contributed by atoms with E-state index < -0.39 is 0 Å². The molecule has 0 radical (unpaired) electrons. The minimum atomic E-state index is -0.0687. The van der Waals surface area contributed by atoms with Crippen molar-refractivity contribution in [1.82, 2.24) is 9.97 Å². The number of carbonyl (C=O) groups excluding carboxylic acids is 1. The summed E-state index contributed by atoms with van der Waals surface area (Å²) < 4.78 is 0. The zero-order valence-corrected chi connectivity index (χ0v) is 17.4. The first-order chi connectivity index (χ1) is 14.0. The fraction of sp³-hybridized carbons (Fsp3) is 0.320. The molecule has 0 bridgehead atoms. The normalized spacial score (nSPS) is 16.7. The molecule has 2 aromatic heterocycles. The molecule has 1 saturated heterocycles. The van der Waals surface area contributed by atoms with Crippen molar-refractivity contribution in [1.29, 1.82) is 0 Å². The number of aryl methyl sites for hydroxylation is 3. The average molecular weight is 386 g/mol. The third kappa shape index (κ3) is 3.93. The summed E-state index contributed by atoms with van der Waals surface area (Å²) in [7, 11) is 0. The second-order valence-corrected chi connectivity index (χ2v) is 7.94. The van der Waals surface area contributed by atoms with Crippen LogP contribution in [0.1, 0.15) is 57.2 Å². The van der Waals surface area contributed by atoms with Gasteiger partial charge in [-0.15, -0.1) is 0 Å². The van der Waals surface area contributed by atoms with Crippen molar-refractivity contribution in [2.24, 2.45) is 0 Å². The second-order valence-electron chi connectivity index (χ2n) is 7.94. The molecule has 3 aromatic rings. The van der Waals surface area contributed by atoms with Gasteiger partial charge in [0.05, 0.1) is 0 Å². The molecule has 148 valence electrons. The molecule has 1 atom stereocenters. The van der Waals surface area contributed by atoms with Gasteiger partial charge in [-0.2, -0.15) is 0 Å². The lowest BCUT2D eigenvalue weighted by molar-refractivity contribution is 0.103. The van der Waals surface area contributed by atoms with Crippen LogP contribution in [0.15, 0.2) is 54.7 Å². The van der Waals surface area contributed by atoms with E-state index in [1.165, 1.54) is 23.1 Å². The number of anilines is 1. The van der Waals surface area contributed by atoms with Crippen LogP contribution < -0.4 is 4.90 Å². The highest BCUT2D eigenvalue weighted by molar-refractivity contribution is 6.08. The molecule has 1 aromatic carbocycles. The van der Waals surface area contributed by atoms with Crippen LogP contribution in [-0.4, -0.2) is 28.8 Å². The van der Waals surface area contributed by atoms with Crippen molar-refractivity contribution < 1.29 is 4.79 Å². The quantitative estimate of drug-likeness (QED) is 0.592. The minimum Gasteiger partial charge on any atom is -0.356 e. The summed E-state index contributed by atoms with van der Waals surface area (Å²) >= 11 is 0. The standard InChI is InChI=1S/C25H27N3O/c1-17-8-4-9-18(2)24(17)20-10-7-15-28(16-20)23-13-5-12-22(27-23)25(29)21-11-6-14-26-19(21)3/h4-6,8-9,11-14,20H,7,10,15-16H2,1-3H3. The lowest BCUT2D eigenvalue weighted by Gasteiger charge is -2.35. The Morgan fingerprint density at radius 2 is 1.76 bits per heavy atom. The third-order valence-electron chi connectivity index (χ3n) is 5.91. The maximum Gasteiger partial charge on any atom is 0.213 e. The van der Waals surface area contributed by atoms with Gasteiger partial charge < -0.3 is 4.90 Å². The van der Waals surface area contributed by atoms with E-state index >= 15 is 0 Å². The lowest BCUT2D eigenvalue weighted by Crippen LogP contribution is -2.35. The van der Waals surface area contributed by atoms with E-state index in [4.69, 9.17) is 4.98 Å². The van der Waals surface area contributed by atoms with E-state index in [9.17, 15) is 4.79 Å². The molecular weight excluding hydrogens is 358 g/mol. The zero-order chi connectivity index (χ0) is 20.4. The topological polar surface area (TPSA) is 46.1 Å². The van der Waals surface area contributed by atoms with Crippen LogP contribution in [-0.2, 0) is 0 Å². The number of nitrogens with zero attached hydrogens (tertiary/aromatic N) is 3. The molecule has 4 heteroatoms. The second kappa shape index (κ2) is 8.16. The molecule has 0 saturated carbocycles. The van der Waals surface area contributed by atoms with E-state index in [2.05, 4.69) is 41.9 Å². The fourth-order valence-corrected chi connectivity index (χ4v) is 4.48. The maximum atomic E-state index is 13.0. The Balaban J connectivity index is 1.60. The summed E-state index contributed by atoms with van der Waals surface area (Å²) in [4.78, 5) is 24.3. The summed E-state index contributed by atoms with van der Waals surface area (Å²) in [5, 5.41) is 0. The van der Waals surface area contributed by atoms with Crippen LogP contribution in [0.5, 0.6) is 0 Å². The van der Waals surface area contributed by atoms with E-state index in [-0.39, 0.29) is 5.78 Å². The van der Waals surface area contributed by atoms with Crippen LogP contribution in [0.2, 0.25) is 0 Å². The first-order valence-electron chi connectivity index (χ1n) is 10.3. The molecule has 1 fully saturated rings. The number of carbonyl (C=O) groups is 1. The van der Waals surface area contributed by atoms with Gasteiger partial charge in [0, 0.05) is 36.5 Å². The van der Waals surface area contributed by atoms with Crippen molar-refractivity contribution in [3.63, 3.8) is 0 Å². The number of benzene rings is 1. The first-order valence-corrected chi connectivity index (χ1v) is 10.3. The monoisotopic (exact) mass is 385 g/mol. The molecule has 1 aliphatic heterocycles. The van der Waals surface area contributed by atoms with Crippen LogP contribution in [0.3, 0.4) is 0 Å². The van der Waals surface area contributed by atoms with Gasteiger partial charge in [0.15, 0.2) is 0 Å². The third-order valence-corrected chi connectivity index (χ3v) is 5.91. The van der Waals surface area contributed by atoms with Crippen LogP contribution in [0, 0.1) is 20.8 Å². The predicted octanol–water partition coefficient (Wildman–Crippen LogP) is 5.02. The highest BCUT2D eigenvalue weighted by Crippen LogP contribution is 2.33. The molecule has 0 amide bonds. The first kappa shape index (κ1) is 19.3. The van der Waals surface area contributed by atoms with Crippen molar-refractivity contribution >= 4 is 11.6 Å². The molecule has 4 rings (SSSR count). The van der Waals surface area contributed by atoms with Crippen LogP contribution in [0.4, 0.5) is 5.82 Å². The number of hydrogen-bond acceptors (Lipinski definition) is 4. The predicted molar refractivity (Wildman–Crippen MR) is 117 cm³/mol. The number of piperidine rings is 1. The Bertz CT molecular complexity index is 1020. The Hall–Kier alpha value is -3.01. The minimum absolute atomic E-state index is 0.0687. The molecule has 0 N–H and O–H groups in total. The molecule has 3 heterocycles. The van der Waals surface area contributed by atoms with Crippen molar-refractivity contribution in [3.05, 3.63) is 88.4 Å². The fourth-order valence-electron chi connectivity index (χ4n) is 4.48. The highest BCUT2D eigenvalue weighted by atomic mass is 16.1. The molecule has 0 aliphatic carbocycles. The number of rotatable bonds is 4. The van der Waals surface area contributed by atoms with E-state index in [0.717, 1.165) is 31.0 Å². The van der Waals surface area contributed by atoms with Gasteiger partial charge in [0.2, 0.25) is 5.78 Å². The zero-order valence-electron chi connectivity index (χ0n) is 17.4. The van der Waals surface area contributed by atoms with E-state index in [1.807, 2.05) is 25.1 Å². The lowest BCUT2D eigenvalue weighted by atomic mass is 9.85. The van der Waals surface area contributed by atoms with Gasteiger partial charge in [0.1, 0.15) is 11.5 Å². The van der Waals surface area contributed by atoms with Gasteiger partial charge in [-0.1, -0.05) is 24.3 Å². The Morgan fingerprint density at radius 3 is 2.52 bits per heavy atom. The Labute approximate surface area is 172 Å². The highest BCUT2D eigenvalue weighted by Gasteiger charge is 2.25. The van der Waals surface area contributed by atoms with Gasteiger partial charge in [0.25, 0.3) is 0 Å². The van der Waals surface area contributed by atoms with Crippen molar-refractivity contribution in [2.45, 2.75) is 39.5 Å². The average Bonchev–Trinajstić information content (AvgIpc) is 2.74. The molecule has 29 heavy (non-hydrogen) atoms. The maximum absolute atomic E-state index is 13.0. The number of hydrogen-bond donors (Lipinski definition) is 0. The molecular formula is C25H27N3O. The van der Waals surface area contributed by atoms with E-state index in [1.54, 1.807) is 18.3 Å². The molecule has 1 unspecified atom stereocenters. The molecule has 4 nitrogen and oxygen atoms in total. The van der Waals surface area contributed by atoms with Gasteiger partial charge in [-0.3, -0.25) is 9.78 Å². The summed E-state index contributed by atoms with van der Waals surface area (Å²) in [6.07, 6.45) is 4.02. The molecule has 0 spiro atoms. The number of pyridine rings is 2. The largest absolute Gasteiger partial charge is 0.356 e. The van der Waals surface area contributed by atoms with Crippen LogP contribution >= 0.6 is 0 Å². The molecule has 1 aliphatic rings.